The molecule has 1 aliphatic rings. The average Bonchev–Trinajstić information content (AvgIpc) is 3.06. The van der Waals surface area contributed by atoms with Crippen molar-refractivity contribution in [3.05, 3.63) is 52.3 Å². The summed E-state index contributed by atoms with van der Waals surface area (Å²) in [6.45, 7) is -0.221. The summed E-state index contributed by atoms with van der Waals surface area (Å²) in [5.41, 5.74) is -2.86. The summed E-state index contributed by atoms with van der Waals surface area (Å²) in [5.74, 6) is -0.512. The van der Waals surface area contributed by atoms with Gasteiger partial charge in [0, 0.05) is 20.1 Å². The number of halogens is 6. The van der Waals surface area contributed by atoms with Crippen LogP contribution in [-0.4, -0.2) is 52.4 Å². The van der Waals surface area contributed by atoms with Gasteiger partial charge in [0.15, 0.2) is 5.69 Å². The fourth-order valence-corrected chi connectivity index (χ4v) is 3.31. The van der Waals surface area contributed by atoms with E-state index in [1.54, 1.807) is 0 Å². The molecule has 0 saturated carbocycles. The van der Waals surface area contributed by atoms with Gasteiger partial charge in [-0.2, -0.15) is 31.4 Å². The Bertz CT molecular complexity index is 1030. The lowest BCUT2D eigenvalue weighted by molar-refractivity contribution is -0.143. The number of fused-ring (bicyclic) bond motifs is 1. The minimum absolute atomic E-state index is 0.00115. The summed E-state index contributed by atoms with van der Waals surface area (Å²) in [4.78, 5) is 30.8. The first-order valence-corrected chi connectivity index (χ1v) is 9.88. The van der Waals surface area contributed by atoms with Gasteiger partial charge in [-0.05, 0) is 36.2 Å². The molecule has 14 heteroatoms. The third-order valence-electron chi connectivity index (χ3n) is 5.06. The number of carbonyl (C=O) groups is 2. The standard InChI is InChI=1S/C20H20F6N4O4/c1-28(33-2)17(31)16-9-15-10-29(4-3-5-30(15)27-16)18(32)34-11-12-6-13(19(21,22)23)8-14(7-12)20(24,25)26/h6-9H,3-5,10-11H2,1-2H3. The second-order valence-electron chi connectivity index (χ2n) is 7.47. The van der Waals surface area contributed by atoms with Crippen molar-refractivity contribution in [2.45, 2.75) is 38.5 Å². The molecule has 0 spiro atoms. The third-order valence-corrected chi connectivity index (χ3v) is 5.06. The molecule has 0 aliphatic carbocycles. The zero-order valence-electron chi connectivity index (χ0n) is 18.0. The molecule has 186 valence electrons. The molecule has 0 bridgehead atoms. The van der Waals surface area contributed by atoms with Gasteiger partial charge >= 0.3 is 18.4 Å². The Morgan fingerprint density at radius 3 is 2.21 bits per heavy atom. The van der Waals surface area contributed by atoms with E-state index in [9.17, 15) is 35.9 Å². The maximum absolute atomic E-state index is 13.0. The molecule has 34 heavy (non-hydrogen) atoms. The topological polar surface area (TPSA) is 76.9 Å². The highest BCUT2D eigenvalue weighted by Crippen LogP contribution is 2.36. The summed E-state index contributed by atoms with van der Waals surface area (Å²) < 4.78 is 84.6. The molecule has 2 heterocycles. The molecular weight excluding hydrogens is 474 g/mol. The van der Waals surface area contributed by atoms with E-state index in [2.05, 4.69) is 5.10 Å². The van der Waals surface area contributed by atoms with Crippen molar-refractivity contribution in [2.75, 3.05) is 20.7 Å². The zero-order chi connectivity index (χ0) is 25.3. The number of rotatable bonds is 4. The van der Waals surface area contributed by atoms with Crippen molar-refractivity contribution in [1.29, 1.82) is 0 Å². The van der Waals surface area contributed by atoms with E-state index in [1.807, 2.05) is 0 Å². The van der Waals surface area contributed by atoms with E-state index in [1.165, 1.54) is 29.8 Å². The lowest BCUT2D eigenvalue weighted by Crippen LogP contribution is -2.31. The SMILES string of the molecule is CON(C)C(=O)c1cc2n(n1)CCCN(C(=O)OCc1cc(C(F)(F)F)cc(C(F)(F)F)c1)C2. The van der Waals surface area contributed by atoms with Crippen molar-refractivity contribution in [3.8, 4) is 0 Å². The molecule has 3 rings (SSSR count). The molecule has 8 nitrogen and oxygen atoms in total. The Balaban J connectivity index is 1.73. The molecule has 2 aromatic rings. The van der Waals surface area contributed by atoms with Crippen LogP contribution in [-0.2, 0) is 41.6 Å². The lowest BCUT2D eigenvalue weighted by Gasteiger charge is -2.20. The smallest absolute Gasteiger partial charge is 0.416 e. The van der Waals surface area contributed by atoms with Crippen LogP contribution in [0.1, 0.15) is 39.3 Å². The molecule has 0 saturated heterocycles. The van der Waals surface area contributed by atoms with Crippen LogP contribution >= 0.6 is 0 Å². The Kier molecular flexibility index (Phi) is 7.10. The molecule has 2 amide bonds. The van der Waals surface area contributed by atoms with Gasteiger partial charge in [-0.25, -0.2) is 9.86 Å². The maximum atomic E-state index is 13.0. The van der Waals surface area contributed by atoms with Crippen molar-refractivity contribution in [3.63, 3.8) is 0 Å². The maximum Gasteiger partial charge on any atom is 0.416 e. The molecule has 0 radical (unpaired) electrons. The molecule has 1 aromatic carbocycles. The van der Waals surface area contributed by atoms with E-state index in [-0.39, 0.29) is 24.8 Å². The van der Waals surface area contributed by atoms with Crippen LogP contribution in [0.3, 0.4) is 0 Å². The van der Waals surface area contributed by atoms with Gasteiger partial charge in [-0.1, -0.05) is 0 Å². The highest BCUT2D eigenvalue weighted by atomic mass is 19.4. The van der Waals surface area contributed by atoms with Crippen molar-refractivity contribution in [1.82, 2.24) is 19.7 Å². The number of alkyl halides is 6. The fourth-order valence-electron chi connectivity index (χ4n) is 3.31. The first-order valence-electron chi connectivity index (χ1n) is 9.88. The molecule has 0 unspecified atom stereocenters. The van der Waals surface area contributed by atoms with E-state index in [4.69, 9.17) is 9.57 Å². The van der Waals surface area contributed by atoms with Gasteiger partial charge in [-0.3, -0.25) is 14.3 Å². The Labute approximate surface area is 189 Å². The quantitative estimate of drug-likeness (QED) is 0.473. The van der Waals surface area contributed by atoms with E-state index < -0.39 is 47.7 Å². The summed E-state index contributed by atoms with van der Waals surface area (Å²) in [7, 11) is 2.70. The number of nitrogens with zero attached hydrogens (tertiary/aromatic N) is 4. The number of ether oxygens (including phenoxy) is 1. The van der Waals surface area contributed by atoms with E-state index in [0.29, 0.717) is 30.8 Å². The zero-order valence-corrected chi connectivity index (χ0v) is 18.0. The highest BCUT2D eigenvalue weighted by Gasteiger charge is 2.37. The first-order chi connectivity index (χ1) is 15.8. The number of aromatic nitrogens is 2. The Hall–Kier alpha value is -3.29. The minimum Gasteiger partial charge on any atom is -0.445 e. The van der Waals surface area contributed by atoms with Gasteiger partial charge in [0.25, 0.3) is 5.91 Å². The number of carbonyl (C=O) groups excluding carboxylic acids is 2. The summed E-state index contributed by atoms with van der Waals surface area (Å²) in [6.07, 6.45) is -10.5. The van der Waals surface area contributed by atoms with Gasteiger partial charge in [-0.15, -0.1) is 0 Å². The van der Waals surface area contributed by atoms with Crippen LogP contribution in [0.25, 0.3) is 0 Å². The second kappa shape index (κ2) is 9.52. The number of benzene rings is 1. The number of hydrogen-bond donors (Lipinski definition) is 0. The van der Waals surface area contributed by atoms with Gasteiger partial charge in [0.2, 0.25) is 0 Å². The van der Waals surface area contributed by atoms with Crippen molar-refractivity contribution >= 4 is 12.0 Å². The average molecular weight is 494 g/mol. The first kappa shape index (κ1) is 25.3. The highest BCUT2D eigenvalue weighted by molar-refractivity contribution is 5.91. The number of hydroxylamine groups is 2. The predicted octanol–water partition coefficient (Wildman–Crippen LogP) is 4.10. The molecule has 1 aliphatic heterocycles. The van der Waals surface area contributed by atoms with Gasteiger partial charge in [0.05, 0.1) is 30.5 Å². The van der Waals surface area contributed by atoms with Crippen molar-refractivity contribution in [2.24, 2.45) is 0 Å². The molecule has 0 N–H and O–H groups in total. The normalized spacial score (nSPS) is 14.4. The summed E-state index contributed by atoms with van der Waals surface area (Å²) >= 11 is 0. The van der Waals surface area contributed by atoms with Crippen LogP contribution in [0.15, 0.2) is 24.3 Å². The van der Waals surface area contributed by atoms with Crippen molar-refractivity contribution < 1.29 is 45.5 Å². The Morgan fingerprint density at radius 2 is 1.65 bits per heavy atom. The molecule has 0 atom stereocenters. The molecular formula is C20H20F6N4O4. The largest absolute Gasteiger partial charge is 0.445 e. The lowest BCUT2D eigenvalue weighted by atomic mass is 10.1. The summed E-state index contributed by atoms with van der Waals surface area (Å²) in [5, 5.41) is 5.16. The number of hydrogen-bond acceptors (Lipinski definition) is 5. The fraction of sp³-hybridized carbons (Fsp3) is 0.450. The van der Waals surface area contributed by atoms with Crippen LogP contribution in [0.5, 0.6) is 0 Å². The monoisotopic (exact) mass is 494 g/mol. The van der Waals surface area contributed by atoms with Crippen LogP contribution < -0.4 is 0 Å². The molecule has 0 fully saturated rings. The van der Waals surface area contributed by atoms with E-state index in [0.717, 1.165) is 5.06 Å². The van der Waals surface area contributed by atoms with Crippen LogP contribution in [0, 0.1) is 0 Å². The number of amides is 2. The van der Waals surface area contributed by atoms with E-state index >= 15 is 0 Å². The summed E-state index contributed by atoms with van der Waals surface area (Å²) in [6, 6.07) is 2.47. The van der Waals surface area contributed by atoms with Gasteiger partial charge in [0.1, 0.15) is 6.61 Å². The molecule has 1 aromatic heterocycles. The second-order valence-corrected chi connectivity index (χ2v) is 7.47. The third kappa shape index (κ3) is 5.79. The van der Waals surface area contributed by atoms with Gasteiger partial charge < -0.3 is 9.64 Å². The van der Waals surface area contributed by atoms with Crippen LogP contribution in [0.4, 0.5) is 31.1 Å². The Morgan fingerprint density at radius 1 is 1.03 bits per heavy atom. The predicted molar refractivity (Wildman–Crippen MR) is 103 cm³/mol. The number of aryl methyl sites for hydroxylation is 1. The minimum atomic E-state index is -5.00. The van der Waals surface area contributed by atoms with Crippen LogP contribution in [0.2, 0.25) is 0 Å².